The Bertz CT molecular complexity index is 352. The van der Waals surface area contributed by atoms with E-state index in [1.165, 1.54) is 12.0 Å². The number of nitrogen functional groups attached to an aromatic ring is 1. The Morgan fingerprint density at radius 1 is 1.41 bits per heavy atom. The van der Waals surface area contributed by atoms with Gasteiger partial charge in [0, 0.05) is 13.1 Å². The van der Waals surface area contributed by atoms with Gasteiger partial charge in [-0.05, 0) is 30.7 Å². The lowest BCUT2D eigenvalue weighted by molar-refractivity contribution is 0.275. The van der Waals surface area contributed by atoms with E-state index in [0.29, 0.717) is 5.69 Å². The van der Waals surface area contributed by atoms with Crippen molar-refractivity contribution in [2.24, 2.45) is 5.92 Å². The zero-order valence-electron chi connectivity index (χ0n) is 11.4. The van der Waals surface area contributed by atoms with Crippen LogP contribution in [0.25, 0.3) is 0 Å². The highest BCUT2D eigenvalue weighted by atomic mass is 16.5. The van der Waals surface area contributed by atoms with Crippen LogP contribution in [0.1, 0.15) is 25.8 Å². The third-order valence-electron chi connectivity index (χ3n) is 3.07. The highest BCUT2D eigenvalue weighted by Gasteiger charge is 2.06. The van der Waals surface area contributed by atoms with E-state index in [9.17, 15) is 0 Å². The summed E-state index contributed by atoms with van der Waals surface area (Å²) in [6.07, 6.45) is 1.22. The van der Waals surface area contributed by atoms with Crippen molar-refractivity contribution in [1.29, 1.82) is 0 Å². The summed E-state index contributed by atoms with van der Waals surface area (Å²) in [5.41, 5.74) is 7.83. The van der Waals surface area contributed by atoms with Crippen LogP contribution in [0.5, 0.6) is 5.75 Å². The molecule has 0 radical (unpaired) electrons. The Morgan fingerprint density at radius 2 is 2.12 bits per heavy atom. The van der Waals surface area contributed by atoms with E-state index >= 15 is 0 Å². The average molecular weight is 236 g/mol. The maximum Gasteiger partial charge on any atom is 0.141 e. The van der Waals surface area contributed by atoms with Gasteiger partial charge in [-0.3, -0.25) is 0 Å². The maximum atomic E-state index is 5.89. The zero-order chi connectivity index (χ0) is 12.8. The third kappa shape index (κ3) is 4.27. The van der Waals surface area contributed by atoms with Gasteiger partial charge in [0.05, 0.1) is 12.8 Å². The second-order valence-corrected chi connectivity index (χ2v) is 4.79. The van der Waals surface area contributed by atoms with Crippen LogP contribution >= 0.6 is 0 Å². The largest absolute Gasteiger partial charge is 0.495 e. The van der Waals surface area contributed by atoms with E-state index in [4.69, 9.17) is 10.5 Å². The first kappa shape index (κ1) is 13.8. The van der Waals surface area contributed by atoms with Crippen molar-refractivity contribution >= 4 is 5.69 Å². The van der Waals surface area contributed by atoms with Crippen LogP contribution in [0.3, 0.4) is 0 Å². The Labute approximate surface area is 105 Å². The van der Waals surface area contributed by atoms with E-state index in [2.05, 4.69) is 31.9 Å². The molecule has 1 rings (SSSR count). The van der Waals surface area contributed by atoms with Crippen molar-refractivity contribution in [1.82, 2.24) is 4.90 Å². The van der Waals surface area contributed by atoms with Crippen LogP contribution < -0.4 is 10.5 Å². The van der Waals surface area contributed by atoms with Gasteiger partial charge in [-0.2, -0.15) is 0 Å². The Kier molecular flexibility index (Phi) is 5.29. The zero-order valence-corrected chi connectivity index (χ0v) is 11.4. The van der Waals surface area contributed by atoms with Gasteiger partial charge in [0.1, 0.15) is 5.75 Å². The molecule has 0 fully saturated rings. The quantitative estimate of drug-likeness (QED) is 0.772. The van der Waals surface area contributed by atoms with Crippen molar-refractivity contribution in [2.75, 3.05) is 26.4 Å². The molecule has 1 aromatic rings. The summed E-state index contributed by atoms with van der Waals surface area (Å²) in [5, 5.41) is 0. The van der Waals surface area contributed by atoms with Crippen LogP contribution in [0, 0.1) is 5.92 Å². The van der Waals surface area contributed by atoms with Crippen LogP contribution in [-0.2, 0) is 6.54 Å². The van der Waals surface area contributed by atoms with Gasteiger partial charge in [-0.1, -0.05) is 26.3 Å². The van der Waals surface area contributed by atoms with E-state index in [1.807, 2.05) is 12.1 Å². The number of benzene rings is 1. The summed E-state index contributed by atoms with van der Waals surface area (Å²) >= 11 is 0. The molecule has 0 aliphatic heterocycles. The highest BCUT2D eigenvalue weighted by molar-refractivity contribution is 5.54. The molecule has 0 aliphatic carbocycles. The summed E-state index contributed by atoms with van der Waals surface area (Å²) in [4.78, 5) is 2.33. The van der Waals surface area contributed by atoms with Gasteiger partial charge in [0.2, 0.25) is 0 Å². The molecule has 0 saturated heterocycles. The van der Waals surface area contributed by atoms with Gasteiger partial charge in [0.15, 0.2) is 0 Å². The fourth-order valence-electron chi connectivity index (χ4n) is 1.92. The van der Waals surface area contributed by atoms with Gasteiger partial charge in [-0.25, -0.2) is 0 Å². The van der Waals surface area contributed by atoms with Gasteiger partial charge >= 0.3 is 0 Å². The minimum Gasteiger partial charge on any atom is -0.495 e. The molecule has 0 aromatic heterocycles. The van der Waals surface area contributed by atoms with Crippen LogP contribution in [0.15, 0.2) is 18.2 Å². The summed E-state index contributed by atoms with van der Waals surface area (Å²) < 4.78 is 5.15. The molecule has 96 valence electrons. The smallest absolute Gasteiger partial charge is 0.141 e. The molecule has 0 aliphatic rings. The Balaban J connectivity index is 2.59. The van der Waals surface area contributed by atoms with Crippen LogP contribution in [0.2, 0.25) is 0 Å². The second kappa shape index (κ2) is 6.50. The molecule has 0 bridgehead atoms. The predicted octanol–water partition coefficient (Wildman–Crippen LogP) is 2.76. The van der Waals surface area contributed by atoms with Crippen LogP contribution in [0.4, 0.5) is 5.69 Å². The van der Waals surface area contributed by atoms with E-state index in [-0.39, 0.29) is 0 Å². The lowest BCUT2D eigenvalue weighted by atomic mass is 10.1. The normalized spacial score (nSPS) is 12.8. The number of hydrogen-bond acceptors (Lipinski definition) is 3. The maximum absolute atomic E-state index is 5.89. The number of rotatable bonds is 6. The first-order valence-corrected chi connectivity index (χ1v) is 6.17. The molecule has 1 atom stereocenters. The number of nitrogens with two attached hydrogens (primary N) is 1. The van der Waals surface area contributed by atoms with Gasteiger partial charge in [-0.15, -0.1) is 0 Å². The molecular weight excluding hydrogens is 212 g/mol. The predicted molar refractivity (Wildman–Crippen MR) is 73.2 cm³/mol. The Morgan fingerprint density at radius 3 is 2.65 bits per heavy atom. The van der Waals surface area contributed by atoms with Gasteiger partial charge in [0.25, 0.3) is 0 Å². The molecule has 3 nitrogen and oxygen atoms in total. The monoisotopic (exact) mass is 236 g/mol. The minimum atomic E-state index is 0.710. The standard InChI is InChI=1S/C14H24N2O/c1-5-11(2)9-16(3)10-12-6-7-14(17-4)13(15)8-12/h6-8,11H,5,9-10,15H2,1-4H3. The van der Waals surface area contributed by atoms with Crippen molar-refractivity contribution in [3.05, 3.63) is 23.8 Å². The molecular formula is C14H24N2O. The molecule has 3 heteroatoms. The number of nitrogens with zero attached hydrogens (tertiary/aromatic N) is 1. The van der Waals surface area contributed by atoms with Crippen LogP contribution in [-0.4, -0.2) is 25.6 Å². The molecule has 17 heavy (non-hydrogen) atoms. The summed E-state index contributed by atoms with van der Waals surface area (Å²) in [6, 6.07) is 6.00. The fraction of sp³-hybridized carbons (Fsp3) is 0.571. The van der Waals surface area contributed by atoms with E-state index < -0.39 is 0 Å². The highest BCUT2D eigenvalue weighted by Crippen LogP contribution is 2.22. The third-order valence-corrected chi connectivity index (χ3v) is 3.07. The topological polar surface area (TPSA) is 38.5 Å². The number of methoxy groups -OCH3 is 1. The first-order chi connectivity index (χ1) is 8.06. The van der Waals surface area contributed by atoms with E-state index in [1.54, 1.807) is 7.11 Å². The van der Waals surface area contributed by atoms with Crippen molar-refractivity contribution < 1.29 is 4.74 Å². The molecule has 0 amide bonds. The SMILES string of the molecule is CCC(C)CN(C)Cc1ccc(OC)c(N)c1. The molecule has 0 heterocycles. The molecule has 0 saturated carbocycles. The lowest BCUT2D eigenvalue weighted by Gasteiger charge is -2.20. The van der Waals surface area contributed by atoms with Gasteiger partial charge < -0.3 is 15.4 Å². The fourth-order valence-corrected chi connectivity index (χ4v) is 1.92. The molecule has 0 spiro atoms. The lowest BCUT2D eigenvalue weighted by Crippen LogP contribution is -2.23. The summed E-state index contributed by atoms with van der Waals surface area (Å²) in [5.74, 6) is 1.48. The Hall–Kier alpha value is -1.22. The number of anilines is 1. The van der Waals surface area contributed by atoms with Crippen molar-refractivity contribution in [3.8, 4) is 5.75 Å². The molecule has 1 aromatic carbocycles. The number of ether oxygens (including phenoxy) is 1. The minimum absolute atomic E-state index is 0.710. The molecule has 1 unspecified atom stereocenters. The van der Waals surface area contributed by atoms with E-state index in [0.717, 1.165) is 24.8 Å². The first-order valence-electron chi connectivity index (χ1n) is 6.17. The average Bonchev–Trinajstić information content (AvgIpc) is 2.29. The summed E-state index contributed by atoms with van der Waals surface area (Å²) in [7, 11) is 3.78. The molecule has 2 N–H and O–H groups in total. The summed E-state index contributed by atoms with van der Waals surface area (Å²) in [6.45, 7) is 6.55. The van der Waals surface area contributed by atoms with Crippen molar-refractivity contribution in [3.63, 3.8) is 0 Å². The second-order valence-electron chi connectivity index (χ2n) is 4.79. The number of hydrogen-bond donors (Lipinski definition) is 1. The van der Waals surface area contributed by atoms with Crippen molar-refractivity contribution in [2.45, 2.75) is 26.8 Å².